The van der Waals surface area contributed by atoms with Crippen molar-refractivity contribution < 1.29 is 33.7 Å². The van der Waals surface area contributed by atoms with Crippen molar-refractivity contribution in [1.82, 2.24) is 3.97 Å². The molecule has 0 unspecified atom stereocenters. The Balaban J connectivity index is 2.48. The molecule has 83 valence electrons. The van der Waals surface area contributed by atoms with Gasteiger partial charge in [0.05, 0.1) is 0 Å². The Kier molecular flexibility index (Phi) is 3.74. The second kappa shape index (κ2) is 5.28. The molecule has 0 heterocycles. The molecule has 0 saturated heterocycles. The molecular weight excluding hydrogens is 272 g/mol. The summed E-state index contributed by atoms with van der Waals surface area (Å²) in [6.07, 6.45) is 0. The van der Waals surface area contributed by atoms with E-state index < -0.39 is 0 Å². The first-order valence-electron chi connectivity index (χ1n) is 5.03. The third kappa shape index (κ3) is 2.83. The molecule has 0 bridgehead atoms. The molecule has 0 saturated carbocycles. The number of phenols is 1. The molecule has 0 aliphatic carbocycles. The Morgan fingerprint density at radius 2 is 1.53 bits per heavy atom. The molecule has 17 heavy (non-hydrogen) atoms. The maximum atomic E-state index is 9.80. The van der Waals surface area contributed by atoms with E-state index in [9.17, 15) is 5.11 Å². The van der Waals surface area contributed by atoms with Crippen LogP contribution in [0, 0.1) is 0 Å². The molecule has 0 aliphatic heterocycles. The molecule has 0 spiro atoms. The maximum absolute atomic E-state index is 9.80. The van der Waals surface area contributed by atoms with Crippen LogP contribution in [0.3, 0.4) is 0 Å². The summed E-state index contributed by atoms with van der Waals surface area (Å²) in [5, 5.41) is 18.9. The van der Waals surface area contributed by atoms with Gasteiger partial charge < -0.3 is 0 Å². The minimum atomic E-state index is 0.181. The summed E-state index contributed by atoms with van der Waals surface area (Å²) >= 11 is 0.467. The van der Waals surface area contributed by atoms with Gasteiger partial charge in [0.15, 0.2) is 0 Å². The molecule has 2 aromatic rings. The summed E-state index contributed by atoms with van der Waals surface area (Å²) in [5.74, 6) is 0.683. The van der Waals surface area contributed by atoms with E-state index in [1.165, 1.54) is 0 Å². The van der Waals surface area contributed by atoms with Crippen LogP contribution >= 0.6 is 0 Å². The van der Waals surface area contributed by atoms with Crippen molar-refractivity contribution in [2.45, 2.75) is 0 Å². The Hall–Kier alpha value is -1.42. The Bertz CT molecular complexity index is 517. The molecule has 0 amide bonds. The van der Waals surface area contributed by atoms with Crippen LogP contribution in [0.1, 0.15) is 0 Å². The van der Waals surface area contributed by atoms with Gasteiger partial charge in [0, 0.05) is 0 Å². The van der Waals surface area contributed by atoms with Gasteiger partial charge >= 0.3 is 109 Å². The normalized spacial score (nSPS) is 10.6. The number of rotatable bonds is 3. The summed E-state index contributed by atoms with van der Waals surface area (Å²) in [4.78, 5) is 5.19. The summed E-state index contributed by atoms with van der Waals surface area (Å²) in [5.41, 5.74) is 1.41. The standard InChI is InChI=1S/C12H10NO3.Zn/c14-11-7-3-1-5-9(11)10-6-2-4-8-12(10)16-13-15;/h1-8,14-15H;/q-1;+1. The number of hydrogen-bond acceptors (Lipinski definition) is 4. The van der Waals surface area contributed by atoms with Crippen molar-refractivity contribution in [2.24, 2.45) is 0 Å². The molecule has 4 nitrogen and oxygen atoms in total. The van der Waals surface area contributed by atoms with Crippen molar-refractivity contribution in [1.29, 1.82) is 0 Å². The first-order chi connectivity index (χ1) is 8.18. The van der Waals surface area contributed by atoms with E-state index >= 15 is 0 Å². The average molecular weight is 282 g/mol. The van der Waals surface area contributed by atoms with Gasteiger partial charge in [0.1, 0.15) is 0 Å². The van der Waals surface area contributed by atoms with Crippen LogP contribution in [0.5, 0.6) is 11.5 Å². The van der Waals surface area contributed by atoms with E-state index in [4.69, 9.17) is 10.0 Å². The van der Waals surface area contributed by atoms with Gasteiger partial charge in [0.2, 0.25) is 0 Å². The number of aromatic hydroxyl groups is 1. The van der Waals surface area contributed by atoms with E-state index in [0.29, 0.717) is 29.9 Å². The van der Waals surface area contributed by atoms with E-state index in [1.54, 1.807) is 24.3 Å². The molecule has 5 heteroatoms. The first kappa shape index (κ1) is 12.1. The molecule has 2 N–H and O–H groups in total. The Morgan fingerprint density at radius 3 is 2.18 bits per heavy atom. The van der Waals surface area contributed by atoms with Gasteiger partial charge in [-0.15, -0.1) is 0 Å². The minimum absolute atomic E-state index is 0.181. The summed E-state index contributed by atoms with van der Waals surface area (Å²) in [7, 11) is 0. The SMILES string of the molecule is Oc1ccccc1-c1ccccc1O[N](O)[Zn]. The van der Waals surface area contributed by atoms with Gasteiger partial charge in [-0.05, 0) is 0 Å². The summed E-state index contributed by atoms with van der Waals surface area (Å²) < 4.78 is 0.749. The van der Waals surface area contributed by atoms with E-state index in [1.807, 2.05) is 24.3 Å². The quantitative estimate of drug-likeness (QED) is 0.670. The number of nitrogens with zero attached hydrogens (tertiary/aromatic N) is 1. The first-order valence-corrected chi connectivity index (χ1v) is 6.36. The van der Waals surface area contributed by atoms with E-state index in [-0.39, 0.29) is 5.75 Å². The van der Waals surface area contributed by atoms with Crippen molar-refractivity contribution in [2.75, 3.05) is 0 Å². The topological polar surface area (TPSA) is 52.9 Å². The molecule has 0 aliphatic rings. The molecule has 0 aromatic heterocycles. The Labute approximate surface area is 109 Å². The number of hydrogen-bond donors (Lipinski definition) is 2. The van der Waals surface area contributed by atoms with E-state index in [0.717, 1.165) is 9.53 Å². The number of phenolic OH excluding ortho intramolecular Hbond substituents is 1. The van der Waals surface area contributed by atoms with Gasteiger partial charge in [-0.2, -0.15) is 0 Å². The van der Waals surface area contributed by atoms with Crippen LogP contribution in [-0.2, 0) is 18.5 Å². The fraction of sp³-hybridized carbons (Fsp3) is 0. The van der Waals surface area contributed by atoms with Crippen LogP contribution in [0.4, 0.5) is 0 Å². The van der Waals surface area contributed by atoms with Crippen LogP contribution in [0.2, 0.25) is 0 Å². The molecule has 0 fully saturated rings. The average Bonchev–Trinajstić information content (AvgIpc) is 2.30. The van der Waals surface area contributed by atoms with Gasteiger partial charge in [-0.3, -0.25) is 0 Å². The predicted octanol–water partition coefficient (Wildman–Crippen LogP) is 2.51. The summed E-state index contributed by atoms with van der Waals surface area (Å²) in [6.45, 7) is 0. The predicted molar refractivity (Wildman–Crippen MR) is 57.8 cm³/mol. The second-order valence-corrected chi connectivity index (χ2v) is 4.59. The van der Waals surface area contributed by atoms with Crippen molar-refractivity contribution in [3.8, 4) is 22.6 Å². The molecule has 2 rings (SSSR count). The van der Waals surface area contributed by atoms with Crippen LogP contribution in [-0.4, -0.2) is 14.3 Å². The zero-order chi connectivity index (χ0) is 12.3. The molecule has 2 aromatic carbocycles. The van der Waals surface area contributed by atoms with Crippen molar-refractivity contribution in [3.63, 3.8) is 0 Å². The second-order valence-electron chi connectivity index (χ2n) is 3.46. The molecule has 0 atom stereocenters. The monoisotopic (exact) mass is 280 g/mol. The fourth-order valence-corrected chi connectivity index (χ4v) is 1.88. The van der Waals surface area contributed by atoms with Crippen molar-refractivity contribution in [3.05, 3.63) is 48.5 Å². The van der Waals surface area contributed by atoms with Gasteiger partial charge in [-0.25, -0.2) is 0 Å². The van der Waals surface area contributed by atoms with Crippen LogP contribution < -0.4 is 4.84 Å². The third-order valence-corrected chi connectivity index (χ3v) is 2.56. The molecule has 0 radical (unpaired) electrons. The fourth-order valence-electron chi connectivity index (χ4n) is 1.58. The van der Waals surface area contributed by atoms with Crippen LogP contribution in [0.15, 0.2) is 48.5 Å². The van der Waals surface area contributed by atoms with Gasteiger partial charge in [-0.1, -0.05) is 0 Å². The van der Waals surface area contributed by atoms with E-state index in [2.05, 4.69) is 0 Å². The van der Waals surface area contributed by atoms with Gasteiger partial charge in [0.25, 0.3) is 0 Å². The summed E-state index contributed by atoms with van der Waals surface area (Å²) in [6, 6.07) is 14.2. The van der Waals surface area contributed by atoms with Crippen LogP contribution in [0.25, 0.3) is 11.1 Å². The zero-order valence-corrected chi connectivity index (χ0v) is 12.0. The zero-order valence-electron chi connectivity index (χ0n) is 9.08. The number of benzene rings is 2. The Morgan fingerprint density at radius 1 is 0.941 bits per heavy atom. The third-order valence-electron chi connectivity index (χ3n) is 2.29. The molecular formula is C12H10NO3Zn. The number of para-hydroxylation sites is 2. The van der Waals surface area contributed by atoms with Crippen molar-refractivity contribution >= 4 is 0 Å².